The number of carbonyl (C=O) groups excluding carboxylic acids is 2. The summed E-state index contributed by atoms with van der Waals surface area (Å²) >= 11 is 0. The molecular weight excluding hydrogens is 278 g/mol. The Kier molecular flexibility index (Phi) is 2.74. The fourth-order valence-electron chi connectivity index (χ4n) is 4.45. The molecule has 4 atom stereocenters. The van der Waals surface area contributed by atoms with Gasteiger partial charge in [-0.25, -0.2) is 4.90 Å². The van der Waals surface area contributed by atoms with Crippen LogP contribution >= 0.6 is 0 Å². The molecule has 2 amide bonds. The van der Waals surface area contributed by atoms with Crippen molar-refractivity contribution < 1.29 is 14.3 Å². The van der Waals surface area contributed by atoms with E-state index in [1.165, 1.54) is 4.90 Å². The molecule has 22 heavy (non-hydrogen) atoms. The number of rotatable bonds is 3. The van der Waals surface area contributed by atoms with Gasteiger partial charge in [-0.05, 0) is 44.2 Å². The quantitative estimate of drug-likeness (QED) is 0.636. The summed E-state index contributed by atoms with van der Waals surface area (Å²) < 4.78 is 5.61. The van der Waals surface area contributed by atoms with E-state index in [1.54, 1.807) is 6.07 Å². The minimum atomic E-state index is -0.587. The number of nitrogens with zero attached hydrogens (tertiary/aromatic N) is 1. The number of amides is 2. The van der Waals surface area contributed by atoms with Gasteiger partial charge in [0.2, 0.25) is 11.8 Å². The van der Waals surface area contributed by atoms with E-state index in [-0.39, 0.29) is 29.6 Å². The highest BCUT2D eigenvalue weighted by atomic mass is 16.5. The fraction of sp³-hybridized carbons (Fsp3) is 0.444. The summed E-state index contributed by atoms with van der Waals surface area (Å²) in [7, 11) is 0. The lowest BCUT2D eigenvalue weighted by molar-refractivity contribution is -0.127. The number of allylic oxidation sites excluding steroid dienone is 2. The summed E-state index contributed by atoms with van der Waals surface area (Å²) in [6.45, 7) is 4.35. The molecule has 4 nitrogen and oxygen atoms in total. The highest BCUT2D eigenvalue weighted by Crippen LogP contribution is 2.61. The van der Waals surface area contributed by atoms with Crippen LogP contribution in [0.15, 0.2) is 36.4 Å². The average Bonchev–Trinajstić information content (AvgIpc) is 3.13. The van der Waals surface area contributed by atoms with Gasteiger partial charge in [0.25, 0.3) is 0 Å². The average molecular weight is 297 g/mol. The van der Waals surface area contributed by atoms with Gasteiger partial charge in [-0.2, -0.15) is 0 Å². The van der Waals surface area contributed by atoms with Gasteiger partial charge >= 0.3 is 0 Å². The summed E-state index contributed by atoms with van der Waals surface area (Å²) in [6, 6.07) is 7.29. The first kappa shape index (κ1) is 13.6. The van der Waals surface area contributed by atoms with Crippen molar-refractivity contribution in [3.05, 3.63) is 36.4 Å². The van der Waals surface area contributed by atoms with Gasteiger partial charge in [-0.15, -0.1) is 0 Å². The summed E-state index contributed by atoms with van der Waals surface area (Å²) in [6.07, 6.45) is 5.16. The SMILES string of the molecule is CCOc1ccccc1N1C(=O)C2C3C=CC(C3)C2(C)C1=O. The number of para-hydroxylation sites is 2. The van der Waals surface area contributed by atoms with Crippen molar-refractivity contribution in [1.82, 2.24) is 0 Å². The molecule has 1 aromatic carbocycles. The standard InChI is InChI=1S/C18H19NO3/c1-3-22-14-7-5-4-6-13(14)19-16(20)15-11-8-9-12(10-11)18(15,2)17(19)21/h4-9,11-12,15H,3,10H2,1-2H3. The summed E-state index contributed by atoms with van der Waals surface area (Å²) in [5, 5.41) is 0. The van der Waals surface area contributed by atoms with Crippen LogP contribution in [0.5, 0.6) is 5.75 Å². The van der Waals surface area contributed by atoms with Gasteiger partial charge in [-0.1, -0.05) is 24.3 Å². The zero-order chi connectivity index (χ0) is 15.5. The van der Waals surface area contributed by atoms with Gasteiger partial charge in [0.1, 0.15) is 5.75 Å². The monoisotopic (exact) mass is 297 g/mol. The number of anilines is 1. The summed E-state index contributed by atoms with van der Waals surface area (Å²) in [5.74, 6) is 0.613. The van der Waals surface area contributed by atoms with Gasteiger partial charge in [0.15, 0.2) is 0 Å². The van der Waals surface area contributed by atoms with Crippen molar-refractivity contribution in [3.8, 4) is 5.75 Å². The zero-order valence-corrected chi connectivity index (χ0v) is 12.8. The molecule has 1 aliphatic heterocycles. The summed E-state index contributed by atoms with van der Waals surface area (Å²) in [4.78, 5) is 27.4. The van der Waals surface area contributed by atoms with Gasteiger partial charge in [-0.3, -0.25) is 9.59 Å². The minimum Gasteiger partial charge on any atom is -0.492 e. The molecule has 1 saturated heterocycles. The van der Waals surface area contributed by atoms with E-state index in [1.807, 2.05) is 32.0 Å². The van der Waals surface area contributed by atoms with E-state index in [2.05, 4.69) is 12.2 Å². The third kappa shape index (κ3) is 1.47. The minimum absolute atomic E-state index is 0.0727. The molecule has 114 valence electrons. The Balaban J connectivity index is 1.80. The third-order valence-electron chi connectivity index (χ3n) is 5.52. The molecule has 1 aromatic rings. The molecule has 0 radical (unpaired) electrons. The Morgan fingerprint density at radius 1 is 1.27 bits per heavy atom. The number of fused-ring (bicyclic) bond motifs is 5. The Morgan fingerprint density at radius 2 is 2.05 bits per heavy atom. The number of ether oxygens (including phenoxy) is 1. The second kappa shape index (κ2) is 4.45. The highest BCUT2D eigenvalue weighted by molar-refractivity contribution is 6.25. The number of carbonyl (C=O) groups is 2. The first-order valence-corrected chi connectivity index (χ1v) is 7.87. The largest absolute Gasteiger partial charge is 0.492 e. The van der Waals surface area contributed by atoms with Crippen LogP contribution in [0.2, 0.25) is 0 Å². The Morgan fingerprint density at radius 3 is 2.77 bits per heavy atom. The maximum atomic E-state index is 13.1. The van der Waals surface area contributed by atoms with Crippen molar-refractivity contribution >= 4 is 17.5 Å². The van der Waals surface area contributed by atoms with Gasteiger partial charge < -0.3 is 4.74 Å². The number of hydrogen-bond acceptors (Lipinski definition) is 3. The van der Waals surface area contributed by atoms with E-state index >= 15 is 0 Å². The first-order chi connectivity index (χ1) is 10.6. The van der Waals surface area contributed by atoms with Crippen molar-refractivity contribution in [3.63, 3.8) is 0 Å². The highest BCUT2D eigenvalue weighted by Gasteiger charge is 2.67. The molecule has 0 aromatic heterocycles. The van der Waals surface area contributed by atoms with Crippen LogP contribution in [0.1, 0.15) is 20.3 Å². The van der Waals surface area contributed by atoms with Crippen molar-refractivity contribution in [2.45, 2.75) is 20.3 Å². The molecular formula is C18H19NO3. The molecule has 2 bridgehead atoms. The summed E-state index contributed by atoms with van der Waals surface area (Å²) in [5.41, 5.74) is -0.00935. The van der Waals surface area contributed by atoms with Crippen LogP contribution < -0.4 is 9.64 Å². The topological polar surface area (TPSA) is 46.6 Å². The second-order valence-electron chi connectivity index (χ2n) is 6.53. The molecule has 1 saturated carbocycles. The normalized spacial score (nSPS) is 35.4. The van der Waals surface area contributed by atoms with Crippen molar-refractivity contribution in [2.75, 3.05) is 11.5 Å². The van der Waals surface area contributed by atoms with Crippen LogP contribution in [0.3, 0.4) is 0 Å². The Hall–Kier alpha value is -2.10. The molecule has 2 fully saturated rings. The lowest BCUT2D eigenvalue weighted by atomic mass is 9.71. The van der Waals surface area contributed by atoms with E-state index < -0.39 is 5.41 Å². The number of imide groups is 1. The maximum absolute atomic E-state index is 13.1. The Labute approximate surface area is 129 Å². The second-order valence-corrected chi connectivity index (χ2v) is 6.53. The van der Waals surface area contributed by atoms with Crippen LogP contribution in [-0.2, 0) is 9.59 Å². The van der Waals surface area contributed by atoms with Crippen LogP contribution in [-0.4, -0.2) is 18.4 Å². The third-order valence-corrected chi connectivity index (χ3v) is 5.52. The number of benzene rings is 1. The maximum Gasteiger partial charge on any atom is 0.241 e. The predicted octanol–water partition coefficient (Wildman–Crippen LogP) is 2.79. The molecule has 2 aliphatic carbocycles. The smallest absolute Gasteiger partial charge is 0.241 e. The van der Waals surface area contributed by atoms with Gasteiger partial charge in [0, 0.05) is 0 Å². The van der Waals surface area contributed by atoms with Crippen molar-refractivity contribution in [2.24, 2.45) is 23.2 Å². The molecule has 3 aliphatic rings. The van der Waals surface area contributed by atoms with E-state index in [0.29, 0.717) is 18.0 Å². The molecule has 4 unspecified atom stereocenters. The lowest BCUT2D eigenvalue weighted by Crippen LogP contribution is -2.37. The first-order valence-electron chi connectivity index (χ1n) is 7.87. The lowest BCUT2D eigenvalue weighted by Gasteiger charge is -2.28. The fourth-order valence-corrected chi connectivity index (χ4v) is 4.45. The Bertz CT molecular complexity index is 695. The van der Waals surface area contributed by atoms with E-state index in [0.717, 1.165) is 6.42 Å². The van der Waals surface area contributed by atoms with Crippen LogP contribution in [0.4, 0.5) is 5.69 Å². The molecule has 4 rings (SSSR count). The van der Waals surface area contributed by atoms with Crippen LogP contribution in [0, 0.1) is 23.2 Å². The van der Waals surface area contributed by atoms with E-state index in [4.69, 9.17) is 4.74 Å². The molecule has 1 heterocycles. The van der Waals surface area contributed by atoms with Crippen molar-refractivity contribution in [1.29, 1.82) is 0 Å². The molecule has 0 spiro atoms. The van der Waals surface area contributed by atoms with E-state index in [9.17, 15) is 9.59 Å². The molecule has 4 heteroatoms. The number of hydrogen-bond donors (Lipinski definition) is 0. The molecule has 0 N–H and O–H groups in total. The van der Waals surface area contributed by atoms with Gasteiger partial charge in [0.05, 0.1) is 23.6 Å². The predicted molar refractivity (Wildman–Crippen MR) is 82.4 cm³/mol. The zero-order valence-electron chi connectivity index (χ0n) is 12.8. The van der Waals surface area contributed by atoms with Crippen LogP contribution in [0.25, 0.3) is 0 Å².